The highest BCUT2D eigenvalue weighted by atomic mass is 15.0. The molecule has 1 heterocycles. The van der Waals surface area contributed by atoms with Gasteiger partial charge in [-0.2, -0.15) is 0 Å². The molecule has 0 atom stereocenters. The molecule has 0 fully saturated rings. The van der Waals surface area contributed by atoms with Crippen LogP contribution in [-0.2, 0) is 0 Å². The van der Waals surface area contributed by atoms with Gasteiger partial charge < -0.3 is 5.32 Å². The number of nitrogens with zero attached hydrogens (tertiary/aromatic N) is 1. The topological polar surface area (TPSA) is 64.7 Å². The molecule has 4 nitrogen and oxygen atoms in total. The lowest BCUT2D eigenvalue weighted by molar-refractivity contribution is 0.959. The number of aromatic nitrogens is 1. The SMILES string of the molecule is CNc1ccc(=N)n(C(C)=N)c1. The maximum Gasteiger partial charge on any atom is 0.130 e. The highest BCUT2D eigenvalue weighted by molar-refractivity contribution is 5.79. The monoisotopic (exact) mass is 164 g/mol. The molecule has 0 spiro atoms. The second kappa shape index (κ2) is 3.21. The van der Waals surface area contributed by atoms with E-state index >= 15 is 0 Å². The molecular weight excluding hydrogens is 152 g/mol. The molecule has 64 valence electrons. The first-order valence-corrected chi connectivity index (χ1v) is 3.65. The van der Waals surface area contributed by atoms with Crippen LogP contribution >= 0.6 is 0 Å². The van der Waals surface area contributed by atoms with Crippen molar-refractivity contribution >= 4 is 11.5 Å². The Bertz CT molecular complexity index is 350. The van der Waals surface area contributed by atoms with Crippen LogP contribution < -0.4 is 10.8 Å². The lowest BCUT2D eigenvalue weighted by Gasteiger charge is -2.06. The molecule has 0 unspecified atom stereocenters. The van der Waals surface area contributed by atoms with Crippen molar-refractivity contribution in [1.29, 1.82) is 10.8 Å². The molecular formula is C8H12N4. The molecule has 0 aliphatic carbocycles. The summed E-state index contributed by atoms with van der Waals surface area (Å²) in [6, 6.07) is 3.46. The average Bonchev–Trinajstić information content (AvgIpc) is 2.05. The fourth-order valence-corrected chi connectivity index (χ4v) is 0.926. The zero-order chi connectivity index (χ0) is 9.14. The summed E-state index contributed by atoms with van der Waals surface area (Å²) in [6.45, 7) is 1.65. The average molecular weight is 164 g/mol. The number of hydrogen-bond donors (Lipinski definition) is 3. The number of pyridine rings is 1. The summed E-state index contributed by atoms with van der Waals surface area (Å²) in [5.41, 5.74) is 1.22. The summed E-state index contributed by atoms with van der Waals surface area (Å²) < 4.78 is 1.51. The van der Waals surface area contributed by atoms with Crippen molar-refractivity contribution < 1.29 is 0 Å². The number of nitrogens with one attached hydrogen (secondary N) is 3. The van der Waals surface area contributed by atoms with Crippen molar-refractivity contribution in [2.24, 2.45) is 0 Å². The van der Waals surface area contributed by atoms with Crippen LogP contribution in [0.1, 0.15) is 6.92 Å². The summed E-state index contributed by atoms with van der Waals surface area (Å²) in [5, 5.41) is 17.8. The largest absolute Gasteiger partial charge is 0.387 e. The third-order valence-electron chi connectivity index (χ3n) is 1.60. The van der Waals surface area contributed by atoms with Gasteiger partial charge in [-0.25, -0.2) is 0 Å². The predicted molar refractivity (Wildman–Crippen MR) is 48.6 cm³/mol. The van der Waals surface area contributed by atoms with Crippen molar-refractivity contribution in [3.05, 3.63) is 23.8 Å². The number of rotatable bonds is 1. The van der Waals surface area contributed by atoms with Crippen LogP contribution in [0, 0.1) is 10.8 Å². The van der Waals surface area contributed by atoms with E-state index in [1.807, 2.05) is 13.1 Å². The van der Waals surface area contributed by atoms with Crippen molar-refractivity contribution in [2.45, 2.75) is 6.92 Å². The molecule has 0 aliphatic heterocycles. The van der Waals surface area contributed by atoms with Gasteiger partial charge in [-0.05, 0) is 19.1 Å². The van der Waals surface area contributed by atoms with Gasteiger partial charge in [0.15, 0.2) is 0 Å². The van der Waals surface area contributed by atoms with Gasteiger partial charge in [0.25, 0.3) is 0 Å². The number of anilines is 1. The van der Waals surface area contributed by atoms with Gasteiger partial charge in [-0.3, -0.25) is 15.4 Å². The van der Waals surface area contributed by atoms with E-state index in [1.54, 1.807) is 19.2 Å². The van der Waals surface area contributed by atoms with Crippen LogP contribution in [0.4, 0.5) is 5.69 Å². The molecule has 0 amide bonds. The highest BCUT2D eigenvalue weighted by Crippen LogP contribution is 2.00. The van der Waals surface area contributed by atoms with Crippen LogP contribution in [0.25, 0.3) is 0 Å². The lowest BCUT2D eigenvalue weighted by Crippen LogP contribution is -2.23. The summed E-state index contributed by atoms with van der Waals surface area (Å²) in [4.78, 5) is 0. The van der Waals surface area contributed by atoms with E-state index in [4.69, 9.17) is 10.8 Å². The Morgan fingerprint density at radius 3 is 2.67 bits per heavy atom. The van der Waals surface area contributed by atoms with Gasteiger partial charge in [0, 0.05) is 13.2 Å². The molecule has 1 aromatic rings. The quantitative estimate of drug-likeness (QED) is 0.418. The van der Waals surface area contributed by atoms with Crippen LogP contribution in [-0.4, -0.2) is 17.5 Å². The molecule has 0 saturated carbocycles. The third-order valence-corrected chi connectivity index (χ3v) is 1.60. The number of hydrogen-bond acceptors (Lipinski definition) is 3. The highest BCUT2D eigenvalue weighted by Gasteiger charge is 1.95. The summed E-state index contributed by atoms with van der Waals surface area (Å²) in [5.74, 6) is 0.345. The Morgan fingerprint density at radius 1 is 1.50 bits per heavy atom. The molecule has 1 aromatic heterocycles. The summed E-state index contributed by atoms with van der Waals surface area (Å²) in [7, 11) is 1.81. The van der Waals surface area contributed by atoms with E-state index in [0.29, 0.717) is 11.3 Å². The zero-order valence-corrected chi connectivity index (χ0v) is 7.18. The van der Waals surface area contributed by atoms with Crippen LogP contribution in [0.3, 0.4) is 0 Å². The first-order chi connectivity index (χ1) is 5.65. The normalized spacial score (nSPS) is 9.50. The maximum absolute atomic E-state index is 7.47. The Kier molecular flexibility index (Phi) is 2.28. The van der Waals surface area contributed by atoms with Gasteiger partial charge in [0.2, 0.25) is 0 Å². The molecule has 3 N–H and O–H groups in total. The molecule has 0 aromatic carbocycles. The molecule has 1 rings (SSSR count). The fourth-order valence-electron chi connectivity index (χ4n) is 0.926. The summed E-state index contributed by atoms with van der Waals surface area (Å²) in [6.07, 6.45) is 1.73. The Balaban J connectivity index is 3.26. The van der Waals surface area contributed by atoms with Gasteiger partial charge >= 0.3 is 0 Å². The van der Waals surface area contributed by atoms with Gasteiger partial charge in [0.05, 0.1) is 5.69 Å². The van der Waals surface area contributed by atoms with E-state index in [9.17, 15) is 0 Å². The fraction of sp³-hybridized carbons (Fsp3) is 0.250. The first kappa shape index (κ1) is 8.52. The maximum atomic E-state index is 7.47. The van der Waals surface area contributed by atoms with E-state index in [0.717, 1.165) is 5.69 Å². The Labute approximate surface area is 70.9 Å². The van der Waals surface area contributed by atoms with Crippen molar-refractivity contribution in [3.8, 4) is 0 Å². The summed E-state index contributed by atoms with van der Waals surface area (Å²) >= 11 is 0. The smallest absolute Gasteiger partial charge is 0.130 e. The Morgan fingerprint density at radius 2 is 2.17 bits per heavy atom. The predicted octanol–water partition coefficient (Wildman–Crippen LogP) is 0.855. The van der Waals surface area contributed by atoms with Crippen molar-refractivity contribution in [3.63, 3.8) is 0 Å². The molecule has 0 radical (unpaired) electrons. The van der Waals surface area contributed by atoms with E-state index in [2.05, 4.69) is 5.32 Å². The van der Waals surface area contributed by atoms with Crippen molar-refractivity contribution in [1.82, 2.24) is 4.57 Å². The van der Waals surface area contributed by atoms with Crippen LogP contribution in [0.2, 0.25) is 0 Å². The minimum Gasteiger partial charge on any atom is -0.387 e. The van der Waals surface area contributed by atoms with Crippen molar-refractivity contribution in [2.75, 3.05) is 12.4 Å². The molecule has 0 aliphatic rings. The lowest BCUT2D eigenvalue weighted by atomic mass is 10.4. The Hall–Kier alpha value is -1.58. The first-order valence-electron chi connectivity index (χ1n) is 3.65. The third kappa shape index (κ3) is 1.53. The molecule has 0 saturated heterocycles. The van der Waals surface area contributed by atoms with Gasteiger partial charge in [-0.1, -0.05) is 0 Å². The molecule has 12 heavy (non-hydrogen) atoms. The van der Waals surface area contributed by atoms with Crippen LogP contribution in [0.5, 0.6) is 0 Å². The standard InChI is InChI=1S/C8H12N4/c1-6(9)12-5-7(11-2)3-4-8(12)10/h3-5,9-11H,1-2H3. The second-order valence-electron chi connectivity index (χ2n) is 2.51. The van der Waals surface area contributed by atoms with Crippen LogP contribution in [0.15, 0.2) is 18.3 Å². The van der Waals surface area contributed by atoms with E-state index < -0.39 is 0 Å². The minimum atomic E-state index is 0.321. The minimum absolute atomic E-state index is 0.321. The van der Waals surface area contributed by atoms with E-state index in [-0.39, 0.29) is 0 Å². The molecule has 0 bridgehead atoms. The van der Waals surface area contributed by atoms with Gasteiger partial charge in [-0.15, -0.1) is 0 Å². The molecule has 4 heteroatoms. The zero-order valence-electron chi connectivity index (χ0n) is 7.18. The second-order valence-corrected chi connectivity index (χ2v) is 2.51. The van der Waals surface area contributed by atoms with Gasteiger partial charge in [0.1, 0.15) is 11.3 Å². The van der Waals surface area contributed by atoms with E-state index in [1.165, 1.54) is 4.57 Å².